The Hall–Kier alpha value is -3.49. The first-order valence-corrected chi connectivity index (χ1v) is 7.85. The first-order chi connectivity index (χ1) is 12.9. The molecular weight excluding hydrogens is 359 g/mol. The monoisotopic (exact) mass is 371 g/mol. The lowest BCUT2D eigenvalue weighted by Gasteiger charge is -2.13. The average molecular weight is 371 g/mol. The number of nitrogens with zero attached hydrogens (tertiary/aromatic N) is 5. The summed E-state index contributed by atoms with van der Waals surface area (Å²) in [5.74, 6) is -0.0145. The average Bonchev–Trinajstić information content (AvgIpc) is 3.02. The molecule has 136 valence electrons. The Kier molecular flexibility index (Phi) is 3.98. The zero-order chi connectivity index (χ0) is 19.0. The van der Waals surface area contributed by atoms with Crippen molar-refractivity contribution in [2.24, 2.45) is 7.05 Å². The highest BCUT2D eigenvalue weighted by Crippen LogP contribution is 2.38. The number of halogens is 3. The summed E-state index contributed by atoms with van der Waals surface area (Å²) >= 11 is 0. The molecule has 0 atom stereocenters. The van der Waals surface area contributed by atoms with Crippen molar-refractivity contribution >= 4 is 11.2 Å². The number of rotatable bonds is 3. The van der Waals surface area contributed by atoms with Gasteiger partial charge in [-0.15, -0.1) is 0 Å². The molecule has 0 spiro atoms. The number of alkyl halides is 3. The second-order valence-electron chi connectivity index (χ2n) is 5.77. The molecule has 0 unspecified atom stereocenters. The van der Waals surface area contributed by atoms with E-state index in [2.05, 4.69) is 19.9 Å². The molecule has 0 fully saturated rings. The Morgan fingerprint density at radius 2 is 1.93 bits per heavy atom. The number of pyridine rings is 1. The maximum atomic E-state index is 13.1. The summed E-state index contributed by atoms with van der Waals surface area (Å²) in [6.07, 6.45) is 1.64. The number of hydrogen-bond acceptors (Lipinski definition) is 5. The lowest BCUT2D eigenvalue weighted by molar-refractivity contribution is -0.137. The smallest absolute Gasteiger partial charge is 0.416 e. The van der Waals surface area contributed by atoms with E-state index in [9.17, 15) is 13.2 Å². The standard InChI is InChI=1S/C18H12F3N5O/c1-26-10-24-14-9-23-17(25-16(14)26)27-15-7-12(18(19,20)21)4-5-13(15)11-3-2-6-22-8-11/h2-10H,1H3. The summed E-state index contributed by atoms with van der Waals surface area (Å²) in [4.78, 5) is 16.4. The third-order valence-corrected chi connectivity index (χ3v) is 3.91. The Bertz CT molecular complexity index is 1110. The Morgan fingerprint density at radius 1 is 1.07 bits per heavy atom. The van der Waals surface area contributed by atoms with Gasteiger partial charge in [0.15, 0.2) is 5.65 Å². The lowest BCUT2D eigenvalue weighted by Crippen LogP contribution is -2.05. The summed E-state index contributed by atoms with van der Waals surface area (Å²) in [5, 5.41) is 0. The van der Waals surface area contributed by atoms with E-state index in [1.54, 1.807) is 42.5 Å². The highest BCUT2D eigenvalue weighted by Gasteiger charge is 2.31. The molecule has 6 nitrogen and oxygen atoms in total. The topological polar surface area (TPSA) is 65.7 Å². The highest BCUT2D eigenvalue weighted by atomic mass is 19.4. The number of aryl methyl sites for hydroxylation is 1. The van der Waals surface area contributed by atoms with E-state index in [4.69, 9.17) is 4.74 Å². The van der Waals surface area contributed by atoms with Gasteiger partial charge in [0, 0.05) is 30.6 Å². The summed E-state index contributed by atoms with van der Waals surface area (Å²) in [7, 11) is 1.75. The first-order valence-electron chi connectivity index (χ1n) is 7.85. The third kappa shape index (κ3) is 3.31. The van der Waals surface area contributed by atoms with Gasteiger partial charge in [-0.2, -0.15) is 18.2 Å². The molecule has 3 heterocycles. The molecule has 0 aliphatic heterocycles. The molecule has 0 bridgehead atoms. The zero-order valence-electron chi connectivity index (χ0n) is 14.0. The maximum Gasteiger partial charge on any atom is 0.416 e. The van der Waals surface area contributed by atoms with Crippen molar-refractivity contribution in [2.75, 3.05) is 0 Å². The fraction of sp³-hybridized carbons (Fsp3) is 0.111. The highest BCUT2D eigenvalue weighted by molar-refractivity contribution is 5.72. The number of aromatic nitrogens is 5. The van der Waals surface area contributed by atoms with Crippen molar-refractivity contribution < 1.29 is 17.9 Å². The van der Waals surface area contributed by atoms with Crippen molar-refractivity contribution in [1.82, 2.24) is 24.5 Å². The van der Waals surface area contributed by atoms with Crippen LogP contribution in [0.1, 0.15) is 5.56 Å². The molecule has 3 aromatic heterocycles. The largest absolute Gasteiger partial charge is 0.424 e. The third-order valence-electron chi connectivity index (χ3n) is 3.91. The van der Waals surface area contributed by atoms with Crippen LogP contribution in [0.3, 0.4) is 0 Å². The van der Waals surface area contributed by atoms with Gasteiger partial charge in [-0.3, -0.25) is 4.98 Å². The van der Waals surface area contributed by atoms with Crippen LogP contribution in [0.2, 0.25) is 0 Å². The Balaban J connectivity index is 1.81. The molecular formula is C18H12F3N5O. The Morgan fingerprint density at radius 3 is 2.67 bits per heavy atom. The predicted molar refractivity (Wildman–Crippen MR) is 91.1 cm³/mol. The van der Waals surface area contributed by atoms with Crippen LogP contribution in [0.5, 0.6) is 11.8 Å². The van der Waals surface area contributed by atoms with Gasteiger partial charge in [0.25, 0.3) is 0 Å². The molecule has 1 aromatic carbocycles. The predicted octanol–water partition coefficient (Wildman–Crippen LogP) is 4.24. The number of hydrogen-bond donors (Lipinski definition) is 0. The number of ether oxygens (including phenoxy) is 1. The first kappa shape index (κ1) is 17.0. The second kappa shape index (κ2) is 6.35. The van der Waals surface area contributed by atoms with Crippen LogP contribution in [-0.2, 0) is 13.2 Å². The molecule has 4 aromatic rings. The van der Waals surface area contributed by atoms with E-state index in [0.29, 0.717) is 22.3 Å². The molecule has 0 amide bonds. The minimum atomic E-state index is -4.50. The fourth-order valence-electron chi connectivity index (χ4n) is 2.60. The van der Waals surface area contributed by atoms with Gasteiger partial charge in [-0.1, -0.05) is 6.07 Å². The SMILES string of the molecule is Cn1cnc2cnc(Oc3cc(C(F)(F)F)ccc3-c3cccnc3)nc21. The van der Waals surface area contributed by atoms with Crippen LogP contribution in [0.4, 0.5) is 13.2 Å². The van der Waals surface area contributed by atoms with Gasteiger partial charge in [0.2, 0.25) is 0 Å². The maximum absolute atomic E-state index is 13.1. The van der Waals surface area contributed by atoms with Crippen LogP contribution in [-0.4, -0.2) is 24.5 Å². The summed E-state index contributed by atoms with van der Waals surface area (Å²) in [6, 6.07) is 6.62. The van der Waals surface area contributed by atoms with Crippen LogP contribution in [0.15, 0.2) is 55.2 Å². The lowest BCUT2D eigenvalue weighted by atomic mass is 10.0. The summed E-state index contributed by atoms with van der Waals surface area (Å²) in [6.45, 7) is 0. The van der Waals surface area contributed by atoms with Crippen molar-refractivity contribution in [2.45, 2.75) is 6.18 Å². The van der Waals surface area contributed by atoms with E-state index < -0.39 is 11.7 Å². The normalized spacial score (nSPS) is 11.7. The fourth-order valence-corrected chi connectivity index (χ4v) is 2.60. The number of fused-ring (bicyclic) bond motifs is 1. The van der Waals surface area contributed by atoms with Gasteiger partial charge >= 0.3 is 12.2 Å². The Labute approximate surface area is 151 Å². The molecule has 0 saturated carbocycles. The van der Waals surface area contributed by atoms with Crippen LogP contribution in [0, 0.1) is 0 Å². The van der Waals surface area contributed by atoms with Gasteiger partial charge < -0.3 is 9.30 Å². The molecule has 4 rings (SSSR count). The van der Waals surface area contributed by atoms with Gasteiger partial charge in [0.1, 0.15) is 11.3 Å². The quantitative estimate of drug-likeness (QED) is 0.539. The van der Waals surface area contributed by atoms with Crippen molar-refractivity contribution in [3.8, 4) is 22.9 Å². The molecule has 9 heteroatoms. The van der Waals surface area contributed by atoms with Gasteiger partial charge in [-0.05, 0) is 24.3 Å². The van der Waals surface area contributed by atoms with E-state index in [0.717, 1.165) is 12.1 Å². The second-order valence-corrected chi connectivity index (χ2v) is 5.77. The molecule has 0 N–H and O–H groups in total. The van der Waals surface area contributed by atoms with E-state index in [1.165, 1.54) is 12.3 Å². The van der Waals surface area contributed by atoms with E-state index in [1.807, 2.05) is 0 Å². The van der Waals surface area contributed by atoms with Crippen LogP contribution < -0.4 is 4.74 Å². The van der Waals surface area contributed by atoms with Crippen LogP contribution in [0.25, 0.3) is 22.3 Å². The van der Waals surface area contributed by atoms with Crippen molar-refractivity contribution in [3.63, 3.8) is 0 Å². The van der Waals surface area contributed by atoms with Crippen molar-refractivity contribution in [1.29, 1.82) is 0 Å². The van der Waals surface area contributed by atoms with E-state index in [-0.39, 0.29) is 11.8 Å². The van der Waals surface area contributed by atoms with Gasteiger partial charge in [0.05, 0.1) is 18.1 Å². The van der Waals surface area contributed by atoms with Crippen molar-refractivity contribution in [3.05, 3.63) is 60.8 Å². The number of imidazole rings is 1. The zero-order valence-corrected chi connectivity index (χ0v) is 14.0. The molecule has 27 heavy (non-hydrogen) atoms. The van der Waals surface area contributed by atoms with E-state index >= 15 is 0 Å². The summed E-state index contributed by atoms with van der Waals surface area (Å²) in [5.41, 5.74) is 1.30. The minimum absolute atomic E-state index is 0.0145. The molecule has 0 saturated heterocycles. The molecule has 0 radical (unpaired) electrons. The minimum Gasteiger partial charge on any atom is -0.424 e. The van der Waals surface area contributed by atoms with Gasteiger partial charge in [-0.25, -0.2) is 9.97 Å². The summed E-state index contributed by atoms with van der Waals surface area (Å²) < 4.78 is 46.8. The van der Waals surface area contributed by atoms with Crippen LogP contribution >= 0.6 is 0 Å². The molecule has 0 aliphatic rings. The molecule has 0 aliphatic carbocycles. The number of benzene rings is 1.